The van der Waals surface area contributed by atoms with Gasteiger partial charge < -0.3 is 9.47 Å². The number of benzene rings is 2. The lowest BCUT2D eigenvalue weighted by molar-refractivity contribution is -0.645. The van der Waals surface area contributed by atoms with Crippen molar-refractivity contribution in [2.24, 2.45) is 7.05 Å². The Balaban J connectivity index is 0.000000181. The number of methoxy groups -OCH3 is 2. The van der Waals surface area contributed by atoms with Crippen LogP contribution in [0.25, 0.3) is 10.9 Å². The predicted molar refractivity (Wildman–Crippen MR) is 102 cm³/mol. The Morgan fingerprint density at radius 2 is 1.48 bits per heavy atom. The second-order valence-electron chi connectivity index (χ2n) is 5.85. The minimum atomic E-state index is 0.909. The van der Waals surface area contributed by atoms with Crippen LogP contribution in [0.15, 0.2) is 60.8 Å². The highest BCUT2D eigenvalue weighted by Gasteiger charge is 2.09. The molecule has 1 heterocycles. The first-order valence-electron chi connectivity index (χ1n) is 8.12. The molecule has 0 spiro atoms. The number of para-hydroxylation sites is 2. The van der Waals surface area contributed by atoms with E-state index in [1.807, 2.05) is 80.6 Å². The van der Waals surface area contributed by atoms with E-state index in [1.165, 1.54) is 5.39 Å². The maximum Gasteiger partial charge on any atom is 0.254 e. The molecule has 3 rings (SSSR count). The van der Waals surface area contributed by atoms with Gasteiger partial charge >= 0.3 is 0 Å². The van der Waals surface area contributed by atoms with Crippen molar-refractivity contribution in [3.63, 3.8) is 0 Å². The number of pyridine rings is 1. The number of aromatic nitrogens is 1. The fraction of sp³-hybridized carbons (Fsp3) is 0.238. The SMILES string of the molecule is COc1cccc2ccc[n+](C)c12.COc1ccccc1C=[N+](C)C. The summed E-state index contributed by atoms with van der Waals surface area (Å²) in [5.74, 6) is 1.83. The fourth-order valence-corrected chi connectivity index (χ4v) is 2.62. The van der Waals surface area contributed by atoms with Gasteiger partial charge in [0.25, 0.3) is 5.52 Å². The molecule has 4 heteroatoms. The van der Waals surface area contributed by atoms with Gasteiger partial charge in [-0.05, 0) is 30.3 Å². The molecule has 0 aliphatic carbocycles. The van der Waals surface area contributed by atoms with Gasteiger partial charge in [0.2, 0.25) is 0 Å². The molecule has 1 aromatic heterocycles. The Morgan fingerprint density at radius 1 is 0.840 bits per heavy atom. The van der Waals surface area contributed by atoms with Gasteiger partial charge in [-0.25, -0.2) is 4.58 Å². The molecule has 0 radical (unpaired) electrons. The van der Waals surface area contributed by atoms with Crippen molar-refractivity contribution in [1.29, 1.82) is 0 Å². The van der Waals surface area contributed by atoms with Crippen LogP contribution in [0.3, 0.4) is 0 Å². The number of rotatable bonds is 3. The lowest BCUT2D eigenvalue weighted by Gasteiger charge is -2.01. The summed E-state index contributed by atoms with van der Waals surface area (Å²) in [5, 5.41) is 1.20. The van der Waals surface area contributed by atoms with Crippen LogP contribution in [0, 0.1) is 0 Å². The van der Waals surface area contributed by atoms with E-state index >= 15 is 0 Å². The van der Waals surface area contributed by atoms with Crippen molar-refractivity contribution >= 4 is 17.1 Å². The van der Waals surface area contributed by atoms with Crippen molar-refractivity contribution in [2.45, 2.75) is 0 Å². The Bertz CT molecular complexity index is 863. The van der Waals surface area contributed by atoms with Gasteiger partial charge in [0.15, 0.2) is 18.2 Å². The molecule has 3 aromatic rings. The maximum atomic E-state index is 5.29. The van der Waals surface area contributed by atoms with E-state index in [4.69, 9.17) is 9.47 Å². The summed E-state index contributed by atoms with van der Waals surface area (Å²) in [7, 11) is 9.38. The third-order valence-electron chi connectivity index (χ3n) is 3.72. The number of fused-ring (bicyclic) bond motifs is 1. The first-order valence-corrected chi connectivity index (χ1v) is 8.12. The molecule has 130 valence electrons. The first kappa shape index (κ1) is 18.5. The molecule has 4 nitrogen and oxygen atoms in total. The molecule has 0 unspecified atom stereocenters. The Morgan fingerprint density at radius 3 is 2.16 bits per heavy atom. The first-order chi connectivity index (χ1) is 12.1. The average Bonchev–Trinajstić information content (AvgIpc) is 2.62. The number of aryl methyl sites for hydroxylation is 1. The molecule has 25 heavy (non-hydrogen) atoms. The number of hydrogen-bond acceptors (Lipinski definition) is 2. The number of ether oxygens (including phenoxy) is 2. The molecule has 0 fully saturated rings. The van der Waals surface area contributed by atoms with E-state index in [0.29, 0.717) is 0 Å². The highest BCUT2D eigenvalue weighted by molar-refractivity contribution is 5.81. The summed E-state index contributed by atoms with van der Waals surface area (Å²) in [4.78, 5) is 0. The Hall–Kier alpha value is -2.88. The minimum Gasteiger partial charge on any atom is -0.496 e. The van der Waals surface area contributed by atoms with E-state index in [9.17, 15) is 0 Å². The molecular formula is C21H26N2O2+2. The molecule has 2 aromatic carbocycles. The molecule has 0 aliphatic rings. The Labute approximate surface area is 149 Å². The molecule has 0 atom stereocenters. The molecule has 0 amide bonds. The topological polar surface area (TPSA) is 25.4 Å². The molecule has 0 N–H and O–H groups in total. The lowest BCUT2D eigenvalue weighted by Crippen LogP contribution is -2.28. The van der Waals surface area contributed by atoms with Crippen LogP contribution in [0.4, 0.5) is 0 Å². The number of nitrogens with zero attached hydrogens (tertiary/aromatic N) is 2. The van der Waals surface area contributed by atoms with Crippen molar-refractivity contribution in [3.8, 4) is 11.5 Å². The summed E-state index contributed by atoms with van der Waals surface area (Å²) in [6, 6.07) is 18.1. The van der Waals surface area contributed by atoms with Gasteiger partial charge in [-0.2, -0.15) is 4.57 Å². The largest absolute Gasteiger partial charge is 0.496 e. The van der Waals surface area contributed by atoms with E-state index in [1.54, 1.807) is 14.2 Å². The second kappa shape index (κ2) is 8.83. The van der Waals surface area contributed by atoms with Crippen LogP contribution in [0.5, 0.6) is 11.5 Å². The van der Waals surface area contributed by atoms with E-state index in [0.717, 1.165) is 22.6 Å². The van der Waals surface area contributed by atoms with Crippen LogP contribution in [-0.4, -0.2) is 39.1 Å². The normalized spacial score (nSPS) is 9.80. The molecule has 0 saturated heterocycles. The smallest absolute Gasteiger partial charge is 0.254 e. The van der Waals surface area contributed by atoms with Gasteiger partial charge in [-0.3, -0.25) is 0 Å². The highest BCUT2D eigenvalue weighted by Crippen LogP contribution is 2.20. The fourth-order valence-electron chi connectivity index (χ4n) is 2.62. The van der Waals surface area contributed by atoms with Crippen molar-refractivity contribution in [3.05, 3.63) is 66.4 Å². The van der Waals surface area contributed by atoms with E-state index in [-0.39, 0.29) is 0 Å². The molecular weight excluding hydrogens is 312 g/mol. The van der Waals surface area contributed by atoms with Crippen LogP contribution in [0.2, 0.25) is 0 Å². The monoisotopic (exact) mass is 338 g/mol. The lowest BCUT2D eigenvalue weighted by atomic mass is 10.2. The zero-order valence-corrected chi connectivity index (χ0v) is 15.6. The van der Waals surface area contributed by atoms with Crippen molar-refractivity contribution in [1.82, 2.24) is 0 Å². The van der Waals surface area contributed by atoms with Gasteiger partial charge in [-0.1, -0.05) is 18.2 Å². The summed E-state index contributed by atoms with van der Waals surface area (Å²) in [6.07, 6.45) is 4.05. The standard InChI is InChI=1S/C11H12NO.C10H14NO/c1-12-8-4-6-9-5-3-7-10(13-2)11(9)12;1-11(2)8-9-6-4-5-7-10(9)12-3/h3-8H,1-2H3;4-8H,1-3H3/q2*+1. The Kier molecular flexibility index (Phi) is 6.52. The molecule has 0 saturated carbocycles. The molecule has 0 bridgehead atoms. The highest BCUT2D eigenvalue weighted by atomic mass is 16.5. The van der Waals surface area contributed by atoms with E-state index in [2.05, 4.69) is 16.7 Å². The summed E-state index contributed by atoms with van der Waals surface area (Å²) < 4.78 is 14.5. The summed E-state index contributed by atoms with van der Waals surface area (Å²) >= 11 is 0. The number of hydrogen-bond donors (Lipinski definition) is 0. The van der Waals surface area contributed by atoms with Gasteiger partial charge in [0.1, 0.15) is 26.9 Å². The molecule has 0 aliphatic heterocycles. The third-order valence-corrected chi connectivity index (χ3v) is 3.72. The van der Waals surface area contributed by atoms with Crippen molar-refractivity contribution < 1.29 is 18.6 Å². The van der Waals surface area contributed by atoms with Gasteiger partial charge in [0.05, 0.1) is 25.2 Å². The quantitative estimate of drug-likeness (QED) is 0.542. The van der Waals surface area contributed by atoms with Gasteiger partial charge in [-0.15, -0.1) is 0 Å². The third kappa shape index (κ3) is 4.80. The second-order valence-corrected chi connectivity index (χ2v) is 5.85. The maximum absolute atomic E-state index is 5.29. The van der Waals surface area contributed by atoms with Crippen LogP contribution >= 0.6 is 0 Å². The zero-order chi connectivity index (χ0) is 18.2. The summed E-state index contributed by atoms with van der Waals surface area (Å²) in [5.41, 5.74) is 2.23. The van der Waals surface area contributed by atoms with Crippen LogP contribution in [-0.2, 0) is 7.05 Å². The van der Waals surface area contributed by atoms with E-state index < -0.39 is 0 Å². The summed E-state index contributed by atoms with van der Waals surface area (Å²) in [6.45, 7) is 0. The minimum absolute atomic E-state index is 0.909. The van der Waals surface area contributed by atoms with Crippen molar-refractivity contribution in [2.75, 3.05) is 28.3 Å². The van der Waals surface area contributed by atoms with Crippen LogP contribution < -0.4 is 14.0 Å². The predicted octanol–water partition coefficient (Wildman–Crippen LogP) is 3.06. The zero-order valence-electron chi connectivity index (χ0n) is 15.6. The van der Waals surface area contributed by atoms with Crippen LogP contribution in [0.1, 0.15) is 5.56 Å². The van der Waals surface area contributed by atoms with Gasteiger partial charge in [0, 0.05) is 6.07 Å². The average molecular weight is 338 g/mol.